The molecule has 0 fully saturated rings. The fraction of sp³-hybridized carbons (Fsp3) is 0.250. The summed E-state index contributed by atoms with van der Waals surface area (Å²) in [5, 5.41) is 0.540. The Morgan fingerprint density at radius 1 is 1.31 bits per heavy atom. The lowest BCUT2D eigenvalue weighted by atomic mass is 10.1. The van der Waals surface area contributed by atoms with Gasteiger partial charge in [-0.15, -0.1) is 0 Å². The number of benzene rings is 1. The molecular weight excluding hydrogens is 332 g/mol. The van der Waals surface area contributed by atoms with Crippen molar-refractivity contribution in [2.75, 3.05) is 12.3 Å². The first-order valence-electron chi connectivity index (χ1n) is 8.26. The summed E-state index contributed by atoms with van der Waals surface area (Å²) in [7, 11) is 0. The maximum Gasteiger partial charge on any atom is 0.341 e. The molecule has 1 aromatic carbocycles. The predicted molar refractivity (Wildman–Crippen MR) is 99.9 cm³/mol. The van der Waals surface area contributed by atoms with Gasteiger partial charge in [0.1, 0.15) is 17.0 Å². The fourth-order valence-corrected chi connectivity index (χ4v) is 2.47. The molecule has 2 heterocycles. The van der Waals surface area contributed by atoms with E-state index in [1.54, 1.807) is 25.1 Å². The lowest BCUT2D eigenvalue weighted by Gasteiger charge is -2.07. The number of fused-ring (bicyclic) bond motifs is 2. The standard InChI is InChI=1S/C20H18N2O4/c1-4-25-20(24)15-10-14-17(23)13-9-12(6-5-11(2)3)7-8-16(13)26-19(14)22-18(15)21/h7-11H,4H2,1-3H3,(H2,21,22). The molecule has 0 amide bonds. The zero-order valence-electron chi connectivity index (χ0n) is 14.8. The minimum Gasteiger partial charge on any atom is -0.462 e. The van der Waals surface area contributed by atoms with Gasteiger partial charge in [0.05, 0.1) is 17.4 Å². The second-order valence-electron chi connectivity index (χ2n) is 6.06. The van der Waals surface area contributed by atoms with E-state index in [0.717, 1.165) is 0 Å². The first-order chi connectivity index (χ1) is 12.4. The number of carbonyl (C=O) groups excluding carboxylic acids is 1. The summed E-state index contributed by atoms with van der Waals surface area (Å²) in [5.41, 5.74) is 6.73. The Morgan fingerprint density at radius 2 is 2.08 bits per heavy atom. The Bertz CT molecular complexity index is 1130. The van der Waals surface area contributed by atoms with Crippen LogP contribution in [-0.2, 0) is 4.74 Å². The number of carbonyl (C=O) groups is 1. The highest BCUT2D eigenvalue weighted by atomic mass is 16.5. The van der Waals surface area contributed by atoms with Crippen molar-refractivity contribution in [2.24, 2.45) is 5.92 Å². The molecule has 0 aliphatic heterocycles. The van der Waals surface area contributed by atoms with Gasteiger partial charge in [0, 0.05) is 11.5 Å². The molecule has 0 radical (unpaired) electrons. The van der Waals surface area contributed by atoms with E-state index in [2.05, 4.69) is 16.8 Å². The molecule has 0 bridgehead atoms. The monoisotopic (exact) mass is 350 g/mol. The summed E-state index contributed by atoms with van der Waals surface area (Å²) in [6.07, 6.45) is 0. The van der Waals surface area contributed by atoms with Crippen molar-refractivity contribution in [3.8, 4) is 11.8 Å². The number of ether oxygens (including phenoxy) is 1. The Kier molecular flexibility index (Phi) is 4.63. The van der Waals surface area contributed by atoms with Crippen LogP contribution in [0.25, 0.3) is 22.1 Å². The molecule has 0 saturated heterocycles. The molecule has 132 valence electrons. The van der Waals surface area contributed by atoms with Gasteiger partial charge in [0.2, 0.25) is 11.1 Å². The fourth-order valence-electron chi connectivity index (χ4n) is 2.47. The molecular formula is C20H18N2O4. The summed E-state index contributed by atoms with van der Waals surface area (Å²) >= 11 is 0. The molecule has 2 N–H and O–H groups in total. The van der Waals surface area contributed by atoms with Crippen LogP contribution in [0.5, 0.6) is 0 Å². The molecule has 3 aromatic rings. The summed E-state index contributed by atoms with van der Waals surface area (Å²) in [6, 6.07) is 6.50. The molecule has 3 rings (SSSR count). The van der Waals surface area contributed by atoms with Crippen molar-refractivity contribution in [3.05, 3.63) is 45.6 Å². The molecule has 0 saturated carbocycles. The number of esters is 1. The van der Waals surface area contributed by atoms with Crippen LogP contribution < -0.4 is 11.2 Å². The first kappa shape index (κ1) is 17.5. The number of nitrogen functional groups attached to an aromatic ring is 1. The van der Waals surface area contributed by atoms with Crippen molar-refractivity contribution in [1.29, 1.82) is 0 Å². The van der Waals surface area contributed by atoms with Crippen LogP contribution in [-0.4, -0.2) is 17.6 Å². The van der Waals surface area contributed by atoms with Crippen LogP contribution in [0.3, 0.4) is 0 Å². The van der Waals surface area contributed by atoms with Crippen molar-refractivity contribution in [1.82, 2.24) is 4.98 Å². The molecule has 0 spiro atoms. The third-order valence-electron chi connectivity index (χ3n) is 3.69. The quantitative estimate of drug-likeness (QED) is 0.433. The third-order valence-corrected chi connectivity index (χ3v) is 3.69. The van der Waals surface area contributed by atoms with Crippen molar-refractivity contribution >= 4 is 33.9 Å². The van der Waals surface area contributed by atoms with E-state index in [-0.39, 0.29) is 40.4 Å². The second-order valence-corrected chi connectivity index (χ2v) is 6.06. The van der Waals surface area contributed by atoms with E-state index in [1.807, 2.05) is 13.8 Å². The van der Waals surface area contributed by atoms with Crippen LogP contribution in [0.15, 0.2) is 33.5 Å². The maximum atomic E-state index is 12.9. The number of hydrogen-bond acceptors (Lipinski definition) is 6. The molecule has 0 unspecified atom stereocenters. The smallest absolute Gasteiger partial charge is 0.341 e. The number of nitrogens with zero attached hydrogens (tertiary/aromatic N) is 1. The Morgan fingerprint density at radius 3 is 2.77 bits per heavy atom. The average Bonchev–Trinajstić information content (AvgIpc) is 2.60. The molecule has 6 heteroatoms. The molecule has 0 atom stereocenters. The summed E-state index contributed by atoms with van der Waals surface area (Å²) in [4.78, 5) is 28.9. The van der Waals surface area contributed by atoms with Crippen LogP contribution in [0, 0.1) is 17.8 Å². The SMILES string of the molecule is CCOC(=O)c1cc2c(=O)c3cc(C#CC(C)C)ccc3oc2nc1N. The minimum absolute atomic E-state index is 0.0433. The highest BCUT2D eigenvalue weighted by Crippen LogP contribution is 2.22. The number of anilines is 1. The van der Waals surface area contributed by atoms with E-state index in [4.69, 9.17) is 14.9 Å². The van der Waals surface area contributed by atoms with E-state index < -0.39 is 5.97 Å². The third kappa shape index (κ3) is 3.24. The van der Waals surface area contributed by atoms with E-state index in [1.165, 1.54) is 6.07 Å². The number of aromatic nitrogens is 1. The van der Waals surface area contributed by atoms with Gasteiger partial charge in [0.25, 0.3) is 0 Å². The van der Waals surface area contributed by atoms with E-state index >= 15 is 0 Å². The second kappa shape index (κ2) is 6.89. The first-order valence-corrected chi connectivity index (χ1v) is 8.26. The Labute approximate surface area is 150 Å². The number of hydrogen-bond donors (Lipinski definition) is 1. The number of rotatable bonds is 2. The highest BCUT2D eigenvalue weighted by molar-refractivity contribution is 5.99. The van der Waals surface area contributed by atoms with E-state index in [0.29, 0.717) is 16.5 Å². The summed E-state index contributed by atoms with van der Waals surface area (Å²) in [6.45, 7) is 5.86. The van der Waals surface area contributed by atoms with Crippen molar-refractivity contribution < 1.29 is 13.9 Å². The van der Waals surface area contributed by atoms with Gasteiger partial charge >= 0.3 is 5.97 Å². The van der Waals surface area contributed by atoms with Crippen molar-refractivity contribution in [3.63, 3.8) is 0 Å². The lowest BCUT2D eigenvalue weighted by Crippen LogP contribution is -2.12. The van der Waals surface area contributed by atoms with Gasteiger partial charge in [-0.1, -0.05) is 25.7 Å². The van der Waals surface area contributed by atoms with Gasteiger partial charge in [-0.3, -0.25) is 4.79 Å². The zero-order valence-corrected chi connectivity index (χ0v) is 14.8. The van der Waals surface area contributed by atoms with Crippen LogP contribution in [0.2, 0.25) is 0 Å². The average molecular weight is 350 g/mol. The molecule has 26 heavy (non-hydrogen) atoms. The molecule has 6 nitrogen and oxygen atoms in total. The highest BCUT2D eigenvalue weighted by Gasteiger charge is 2.17. The topological polar surface area (TPSA) is 95.4 Å². The minimum atomic E-state index is -0.629. The lowest BCUT2D eigenvalue weighted by molar-refractivity contribution is 0.0527. The molecule has 0 aliphatic rings. The van der Waals surface area contributed by atoms with Crippen LogP contribution >= 0.6 is 0 Å². The molecule has 2 aromatic heterocycles. The van der Waals surface area contributed by atoms with Crippen LogP contribution in [0.1, 0.15) is 36.7 Å². The van der Waals surface area contributed by atoms with Gasteiger partial charge in [0.15, 0.2) is 0 Å². The molecule has 0 aliphatic carbocycles. The normalized spacial score (nSPS) is 10.8. The predicted octanol–water partition coefficient (Wildman–Crippen LogP) is 3.11. The Balaban J connectivity index is 2.24. The largest absolute Gasteiger partial charge is 0.462 e. The van der Waals surface area contributed by atoms with Crippen LogP contribution in [0.4, 0.5) is 5.82 Å². The zero-order chi connectivity index (χ0) is 18.8. The Hall–Kier alpha value is -3.33. The summed E-state index contributed by atoms with van der Waals surface area (Å²) < 4.78 is 10.6. The van der Waals surface area contributed by atoms with Gasteiger partial charge in [-0.25, -0.2) is 4.79 Å². The summed E-state index contributed by atoms with van der Waals surface area (Å²) in [5.74, 6) is 5.63. The van der Waals surface area contributed by atoms with Gasteiger partial charge in [-0.2, -0.15) is 4.98 Å². The van der Waals surface area contributed by atoms with Gasteiger partial charge < -0.3 is 14.9 Å². The number of pyridine rings is 1. The van der Waals surface area contributed by atoms with Crippen molar-refractivity contribution in [2.45, 2.75) is 20.8 Å². The number of nitrogens with two attached hydrogens (primary N) is 1. The maximum absolute atomic E-state index is 12.9. The van der Waals surface area contributed by atoms with E-state index in [9.17, 15) is 9.59 Å². The van der Waals surface area contributed by atoms with Gasteiger partial charge in [-0.05, 0) is 31.2 Å².